The van der Waals surface area contributed by atoms with Crippen LogP contribution in [0.15, 0.2) is 36.4 Å². The number of aryl methyl sites for hydroxylation is 2. The lowest BCUT2D eigenvalue weighted by molar-refractivity contribution is 0.202. The van der Waals surface area contributed by atoms with E-state index in [1.165, 1.54) is 15.3 Å². The molecule has 0 amide bonds. The Morgan fingerprint density at radius 1 is 1.12 bits per heavy atom. The Kier molecular flexibility index (Phi) is 4.48. The molecule has 1 aliphatic rings. The van der Waals surface area contributed by atoms with Crippen LogP contribution in [0.5, 0.6) is 5.75 Å². The highest BCUT2D eigenvalue weighted by Crippen LogP contribution is 2.34. The topological polar surface area (TPSA) is 36.4 Å². The molecule has 25 heavy (non-hydrogen) atoms. The van der Waals surface area contributed by atoms with Gasteiger partial charge in [-0.05, 0) is 69.1 Å². The first kappa shape index (κ1) is 16.6. The number of benzene rings is 2. The van der Waals surface area contributed by atoms with Gasteiger partial charge in [0.25, 0.3) is 0 Å². The largest absolute Gasteiger partial charge is 0.508 e. The van der Waals surface area contributed by atoms with Gasteiger partial charge in [-0.15, -0.1) is 11.3 Å². The van der Waals surface area contributed by atoms with Crippen molar-refractivity contribution in [2.24, 2.45) is 0 Å². The number of phenols is 1. The van der Waals surface area contributed by atoms with Gasteiger partial charge in [0.15, 0.2) is 0 Å². The maximum Gasteiger partial charge on any atom is 0.120 e. The van der Waals surface area contributed by atoms with Gasteiger partial charge in [-0.3, -0.25) is 4.90 Å². The van der Waals surface area contributed by atoms with E-state index in [4.69, 9.17) is 4.98 Å². The minimum Gasteiger partial charge on any atom is -0.508 e. The number of rotatable bonds is 3. The van der Waals surface area contributed by atoms with Crippen LogP contribution in [0.2, 0.25) is 0 Å². The van der Waals surface area contributed by atoms with Crippen molar-refractivity contribution in [2.75, 3.05) is 13.1 Å². The standard InChI is InChI=1S/C21H24N2OS/c1-14-11-17(19(24)12-15(14)2)13-23-9-7-16(8-10-23)21-22-18-5-3-4-6-20(18)25-21/h3-6,11-12,16,24H,7-10,13H2,1-2H3. The van der Waals surface area contributed by atoms with E-state index >= 15 is 0 Å². The van der Waals surface area contributed by atoms with Gasteiger partial charge in [0.1, 0.15) is 5.75 Å². The molecule has 4 rings (SSSR count). The van der Waals surface area contributed by atoms with E-state index in [9.17, 15) is 5.11 Å². The Labute approximate surface area is 152 Å². The second kappa shape index (κ2) is 6.77. The summed E-state index contributed by atoms with van der Waals surface area (Å²) in [5.41, 5.74) is 4.57. The zero-order chi connectivity index (χ0) is 17.4. The lowest BCUT2D eigenvalue weighted by atomic mass is 9.96. The predicted octanol–water partition coefficient (Wildman–Crippen LogP) is 5.00. The molecule has 0 atom stereocenters. The highest BCUT2D eigenvalue weighted by atomic mass is 32.1. The van der Waals surface area contributed by atoms with E-state index < -0.39 is 0 Å². The van der Waals surface area contributed by atoms with E-state index in [0.29, 0.717) is 11.7 Å². The highest BCUT2D eigenvalue weighted by molar-refractivity contribution is 7.18. The predicted molar refractivity (Wildman–Crippen MR) is 104 cm³/mol. The normalized spacial score (nSPS) is 16.6. The van der Waals surface area contributed by atoms with Crippen molar-refractivity contribution < 1.29 is 5.11 Å². The lowest BCUT2D eigenvalue weighted by Crippen LogP contribution is -2.32. The average Bonchev–Trinajstić information content (AvgIpc) is 3.04. The van der Waals surface area contributed by atoms with Crippen molar-refractivity contribution in [1.29, 1.82) is 0 Å². The second-order valence-electron chi connectivity index (χ2n) is 7.14. The number of nitrogens with zero attached hydrogens (tertiary/aromatic N) is 2. The number of para-hydroxylation sites is 1. The molecule has 2 heterocycles. The fourth-order valence-electron chi connectivity index (χ4n) is 3.63. The van der Waals surface area contributed by atoms with Crippen LogP contribution in [0.3, 0.4) is 0 Å². The smallest absolute Gasteiger partial charge is 0.120 e. The van der Waals surface area contributed by atoms with Gasteiger partial charge in [-0.2, -0.15) is 0 Å². The van der Waals surface area contributed by atoms with Gasteiger partial charge < -0.3 is 5.11 Å². The van der Waals surface area contributed by atoms with Crippen LogP contribution in [-0.2, 0) is 6.54 Å². The Bertz CT molecular complexity index is 861. The van der Waals surface area contributed by atoms with Crippen molar-refractivity contribution in [1.82, 2.24) is 9.88 Å². The Hall–Kier alpha value is -1.91. The molecule has 0 unspecified atom stereocenters. The minimum absolute atomic E-state index is 0.427. The number of piperidine rings is 1. The summed E-state index contributed by atoms with van der Waals surface area (Å²) in [6, 6.07) is 12.4. The van der Waals surface area contributed by atoms with E-state index in [1.807, 2.05) is 24.3 Å². The van der Waals surface area contributed by atoms with Gasteiger partial charge in [0.2, 0.25) is 0 Å². The molecule has 1 aliphatic heterocycles. The first-order valence-corrected chi connectivity index (χ1v) is 9.79. The van der Waals surface area contributed by atoms with Gasteiger partial charge in [0, 0.05) is 18.0 Å². The summed E-state index contributed by atoms with van der Waals surface area (Å²) in [6.45, 7) is 7.11. The van der Waals surface area contributed by atoms with Crippen molar-refractivity contribution in [3.63, 3.8) is 0 Å². The Morgan fingerprint density at radius 3 is 2.60 bits per heavy atom. The first-order chi connectivity index (χ1) is 12.1. The minimum atomic E-state index is 0.427. The van der Waals surface area contributed by atoms with Crippen LogP contribution in [0.1, 0.15) is 40.5 Å². The summed E-state index contributed by atoms with van der Waals surface area (Å²) in [7, 11) is 0. The number of aromatic hydroxyl groups is 1. The second-order valence-corrected chi connectivity index (χ2v) is 8.20. The summed E-state index contributed by atoms with van der Waals surface area (Å²) in [5.74, 6) is 0.999. The molecule has 1 saturated heterocycles. The third-order valence-corrected chi connectivity index (χ3v) is 6.54. The van der Waals surface area contributed by atoms with Gasteiger partial charge >= 0.3 is 0 Å². The average molecular weight is 353 g/mol. The summed E-state index contributed by atoms with van der Waals surface area (Å²) in [5, 5.41) is 11.5. The number of aromatic nitrogens is 1. The molecule has 3 aromatic rings. The molecule has 1 N–H and O–H groups in total. The molecule has 130 valence electrons. The maximum absolute atomic E-state index is 10.2. The third kappa shape index (κ3) is 3.42. The van der Waals surface area contributed by atoms with Gasteiger partial charge in [0.05, 0.1) is 15.2 Å². The number of fused-ring (bicyclic) bond motifs is 1. The first-order valence-electron chi connectivity index (χ1n) is 8.97. The van der Waals surface area contributed by atoms with E-state index in [0.717, 1.165) is 49.1 Å². The Balaban J connectivity index is 1.42. The number of likely N-dealkylation sites (tertiary alicyclic amines) is 1. The van der Waals surface area contributed by atoms with Crippen molar-refractivity contribution in [3.8, 4) is 5.75 Å². The summed E-state index contributed by atoms with van der Waals surface area (Å²) in [4.78, 5) is 7.29. The number of phenolic OH excluding ortho intramolecular Hbond substituents is 1. The molecule has 4 heteroatoms. The lowest BCUT2D eigenvalue weighted by Gasteiger charge is -2.31. The Morgan fingerprint density at radius 2 is 1.84 bits per heavy atom. The molecule has 0 bridgehead atoms. The summed E-state index contributed by atoms with van der Waals surface area (Å²) < 4.78 is 1.29. The molecule has 1 aromatic heterocycles. The number of thiazole rings is 1. The third-order valence-electron chi connectivity index (χ3n) is 5.34. The van der Waals surface area contributed by atoms with Crippen molar-refractivity contribution in [3.05, 3.63) is 58.1 Å². The van der Waals surface area contributed by atoms with Crippen LogP contribution >= 0.6 is 11.3 Å². The van der Waals surface area contributed by atoms with Gasteiger partial charge in [-0.1, -0.05) is 18.2 Å². The maximum atomic E-state index is 10.2. The zero-order valence-electron chi connectivity index (χ0n) is 14.8. The molecule has 1 fully saturated rings. The fourth-order valence-corrected chi connectivity index (χ4v) is 4.77. The van der Waals surface area contributed by atoms with Crippen LogP contribution < -0.4 is 0 Å². The molecular weight excluding hydrogens is 328 g/mol. The van der Waals surface area contributed by atoms with Crippen molar-refractivity contribution in [2.45, 2.75) is 39.2 Å². The molecule has 0 radical (unpaired) electrons. The molecule has 2 aromatic carbocycles. The monoisotopic (exact) mass is 352 g/mol. The van der Waals surface area contributed by atoms with E-state index in [1.54, 1.807) is 0 Å². The quantitative estimate of drug-likeness (QED) is 0.721. The summed E-state index contributed by atoms with van der Waals surface area (Å²) in [6.07, 6.45) is 2.29. The highest BCUT2D eigenvalue weighted by Gasteiger charge is 2.24. The molecular formula is C21H24N2OS. The van der Waals surface area contributed by atoms with Crippen LogP contribution in [0.4, 0.5) is 0 Å². The number of hydrogen-bond donors (Lipinski definition) is 1. The summed E-state index contributed by atoms with van der Waals surface area (Å²) >= 11 is 1.85. The van der Waals surface area contributed by atoms with E-state index in [2.05, 4.69) is 42.2 Å². The molecule has 0 saturated carbocycles. The van der Waals surface area contributed by atoms with Crippen LogP contribution in [0.25, 0.3) is 10.2 Å². The van der Waals surface area contributed by atoms with Crippen LogP contribution in [0, 0.1) is 13.8 Å². The van der Waals surface area contributed by atoms with Crippen molar-refractivity contribution >= 4 is 21.6 Å². The zero-order valence-corrected chi connectivity index (χ0v) is 15.6. The fraction of sp³-hybridized carbons (Fsp3) is 0.381. The SMILES string of the molecule is Cc1cc(O)c(CN2CCC(c3nc4ccccc4s3)CC2)cc1C. The van der Waals surface area contributed by atoms with Gasteiger partial charge in [-0.25, -0.2) is 4.98 Å². The molecule has 0 aliphatic carbocycles. The van der Waals surface area contributed by atoms with E-state index in [-0.39, 0.29) is 0 Å². The van der Waals surface area contributed by atoms with Crippen LogP contribution in [-0.4, -0.2) is 28.1 Å². The number of hydrogen-bond acceptors (Lipinski definition) is 4. The molecule has 3 nitrogen and oxygen atoms in total. The molecule has 0 spiro atoms.